The SMILES string of the molecule is C=Cc1cccc(C)c1.CCNOCOCC. The van der Waals surface area contributed by atoms with Crippen molar-refractivity contribution in [3.8, 4) is 0 Å². The fourth-order valence-electron chi connectivity index (χ4n) is 1.07. The first-order valence-electron chi connectivity index (χ1n) is 5.86. The van der Waals surface area contributed by atoms with Crippen molar-refractivity contribution >= 4 is 6.08 Å². The van der Waals surface area contributed by atoms with Crippen LogP contribution in [0.5, 0.6) is 0 Å². The average Bonchev–Trinajstić information content (AvgIpc) is 2.35. The molecule has 0 unspecified atom stereocenters. The Balaban J connectivity index is 0.000000304. The van der Waals surface area contributed by atoms with Gasteiger partial charge in [0.25, 0.3) is 0 Å². The Labute approximate surface area is 104 Å². The summed E-state index contributed by atoms with van der Waals surface area (Å²) in [4.78, 5) is 4.75. The fourth-order valence-corrected chi connectivity index (χ4v) is 1.07. The van der Waals surface area contributed by atoms with Crippen LogP contribution in [0.25, 0.3) is 6.08 Å². The van der Waals surface area contributed by atoms with Gasteiger partial charge in [-0.3, -0.25) is 4.84 Å². The normalized spacial score (nSPS) is 9.35. The van der Waals surface area contributed by atoms with Gasteiger partial charge in [0.1, 0.15) is 0 Å². The largest absolute Gasteiger partial charge is 0.354 e. The van der Waals surface area contributed by atoms with Crippen molar-refractivity contribution in [1.82, 2.24) is 5.48 Å². The quantitative estimate of drug-likeness (QED) is 0.468. The van der Waals surface area contributed by atoms with E-state index in [9.17, 15) is 0 Å². The number of aryl methyl sites for hydroxylation is 1. The number of ether oxygens (including phenoxy) is 1. The molecule has 1 N–H and O–H groups in total. The van der Waals surface area contributed by atoms with Crippen molar-refractivity contribution < 1.29 is 9.57 Å². The minimum atomic E-state index is 0.338. The molecule has 3 heteroatoms. The van der Waals surface area contributed by atoms with Crippen LogP contribution < -0.4 is 5.48 Å². The summed E-state index contributed by atoms with van der Waals surface area (Å²) >= 11 is 0. The summed E-state index contributed by atoms with van der Waals surface area (Å²) in [5, 5.41) is 0. The van der Waals surface area contributed by atoms with Crippen LogP contribution in [0.3, 0.4) is 0 Å². The molecule has 17 heavy (non-hydrogen) atoms. The lowest BCUT2D eigenvalue weighted by Crippen LogP contribution is -2.15. The molecular weight excluding hydrogens is 214 g/mol. The van der Waals surface area contributed by atoms with Crippen LogP contribution in [0.1, 0.15) is 25.0 Å². The van der Waals surface area contributed by atoms with Crippen molar-refractivity contribution in [2.75, 3.05) is 19.9 Å². The molecule has 1 aromatic carbocycles. The second-order valence-electron chi connectivity index (χ2n) is 3.37. The molecule has 0 amide bonds. The Hall–Kier alpha value is -1.16. The topological polar surface area (TPSA) is 30.5 Å². The predicted molar refractivity (Wildman–Crippen MR) is 72.5 cm³/mol. The molecule has 0 bridgehead atoms. The minimum Gasteiger partial charge on any atom is -0.354 e. The van der Waals surface area contributed by atoms with Gasteiger partial charge in [-0.1, -0.05) is 49.4 Å². The summed E-state index contributed by atoms with van der Waals surface area (Å²) in [5.41, 5.74) is 5.13. The third-order valence-electron chi connectivity index (χ3n) is 1.87. The van der Waals surface area contributed by atoms with Gasteiger partial charge in [0.2, 0.25) is 0 Å². The van der Waals surface area contributed by atoms with E-state index in [1.165, 1.54) is 11.1 Å². The van der Waals surface area contributed by atoms with E-state index in [-0.39, 0.29) is 0 Å². The van der Waals surface area contributed by atoms with Crippen LogP contribution in [-0.2, 0) is 9.57 Å². The van der Waals surface area contributed by atoms with E-state index in [2.05, 4.69) is 31.1 Å². The van der Waals surface area contributed by atoms with Crippen LogP contribution in [0.4, 0.5) is 0 Å². The van der Waals surface area contributed by atoms with E-state index in [4.69, 9.17) is 9.57 Å². The molecule has 0 aliphatic rings. The van der Waals surface area contributed by atoms with Crippen molar-refractivity contribution in [2.24, 2.45) is 0 Å². The second kappa shape index (κ2) is 11.3. The summed E-state index contributed by atoms with van der Waals surface area (Å²) < 4.78 is 4.85. The molecule has 1 rings (SSSR count). The lowest BCUT2D eigenvalue weighted by Gasteiger charge is -2.00. The smallest absolute Gasteiger partial charge is 0.166 e. The van der Waals surface area contributed by atoms with E-state index in [1.54, 1.807) is 0 Å². The predicted octanol–water partition coefficient (Wildman–Crippen LogP) is 3.16. The zero-order valence-corrected chi connectivity index (χ0v) is 11.0. The first kappa shape index (κ1) is 15.8. The maximum Gasteiger partial charge on any atom is 0.166 e. The van der Waals surface area contributed by atoms with Gasteiger partial charge in [0.15, 0.2) is 6.79 Å². The second-order valence-corrected chi connectivity index (χ2v) is 3.37. The Kier molecular flexibility index (Phi) is 10.6. The number of nitrogens with one attached hydrogen (secondary N) is 1. The van der Waals surface area contributed by atoms with Gasteiger partial charge in [0, 0.05) is 13.2 Å². The summed E-state index contributed by atoms with van der Waals surface area (Å²) in [7, 11) is 0. The Bertz CT molecular complexity index is 294. The van der Waals surface area contributed by atoms with Gasteiger partial charge in [-0.15, -0.1) is 0 Å². The van der Waals surface area contributed by atoms with Gasteiger partial charge in [-0.25, -0.2) is 5.48 Å². The van der Waals surface area contributed by atoms with E-state index < -0.39 is 0 Å². The van der Waals surface area contributed by atoms with Crippen LogP contribution in [-0.4, -0.2) is 19.9 Å². The van der Waals surface area contributed by atoms with E-state index in [1.807, 2.05) is 32.1 Å². The van der Waals surface area contributed by atoms with Crippen molar-refractivity contribution in [3.05, 3.63) is 42.0 Å². The van der Waals surface area contributed by atoms with Crippen LogP contribution in [0.2, 0.25) is 0 Å². The van der Waals surface area contributed by atoms with Crippen LogP contribution >= 0.6 is 0 Å². The average molecular weight is 237 g/mol. The van der Waals surface area contributed by atoms with Gasteiger partial charge >= 0.3 is 0 Å². The maximum atomic E-state index is 4.85. The highest BCUT2D eigenvalue weighted by Crippen LogP contribution is 2.03. The standard InChI is InChI=1S/C9H10.C5H13NO2/c1-3-9-6-4-5-8(2)7-9;1-3-6-8-5-7-4-2/h3-7H,1H2,2H3;6H,3-5H2,1-2H3. The highest BCUT2D eigenvalue weighted by atomic mass is 16.7. The number of hydrogen-bond acceptors (Lipinski definition) is 3. The zero-order chi connectivity index (χ0) is 12.9. The number of benzene rings is 1. The molecule has 0 saturated carbocycles. The molecule has 0 aromatic heterocycles. The first-order valence-corrected chi connectivity index (χ1v) is 5.86. The van der Waals surface area contributed by atoms with Gasteiger partial charge < -0.3 is 4.74 Å². The van der Waals surface area contributed by atoms with Crippen LogP contribution in [0, 0.1) is 6.92 Å². The Morgan fingerprint density at radius 3 is 2.59 bits per heavy atom. The maximum absolute atomic E-state index is 4.85. The molecule has 96 valence electrons. The summed E-state index contributed by atoms with van der Waals surface area (Å²) in [6, 6.07) is 8.26. The minimum absolute atomic E-state index is 0.338. The van der Waals surface area contributed by atoms with Gasteiger partial charge in [0.05, 0.1) is 0 Å². The van der Waals surface area contributed by atoms with Gasteiger partial charge in [-0.2, -0.15) is 0 Å². The molecule has 0 aliphatic carbocycles. The first-order chi connectivity index (χ1) is 8.24. The lowest BCUT2D eigenvalue weighted by atomic mass is 10.1. The van der Waals surface area contributed by atoms with E-state index >= 15 is 0 Å². The van der Waals surface area contributed by atoms with Crippen LogP contribution in [0.15, 0.2) is 30.8 Å². The Morgan fingerprint density at radius 1 is 1.35 bits per heavy atom. The Morgan fingerprint density at radius 2 is 2.12 bits per heavy atom. The van der Waals surface area contributed by atoms with E-state index in [0.717, 1.165) is 6.54 Å². The monoisotopic (exact) mass is 237 g/mol. The highest BCUT2D eigenvalue weighted by molar-refractivity contribution is 5.47. The number of rotatable bonds is 6. The molecule has 0 aliphatic heterocycles. The van der Waals surface area contributed by atoms with Crippen molar-refractivity contribution in [2.45, 2.75) is 20.8 Å². The molecule has 3 nitrogen and oxygen atoms in total. The lowest BCUT2D eigenvalue weighted by molar-refractivity contribution is -0.0941. The van der Waals surface area contributed by atoms with E-state index in [0.29, 0.717) is 13.4 Å². The summed E-state index contributed by atoms with van der Waals surface area (Å²) in [6.07, 6.45) is 1.85. The highest BCUT2D eigenvalue weighted by Gasteiger charge is 1.83. The molecule has 0 atom stereocenters. The number of hydrogen-bond donors (Lipinski definition) is 1. The molecule has 0 fully saturated rings. The molecular formula is C14H23NO2. The summed E-state index contributed by atoms with van der Waals surface area (Å²) in [5.74, 6) is 0. The van der Waals surface area contributed by atoms with Gasteiger partial charge in [-0.05, 0) is 19.4 Å². The molecule has 0 radical (unpaired) electrons. The third kappa shape index (κ3) is 9.75. The number of hydroxylamine groups is 1. The molecule has 0 saturated heterocycles. The molecule has 1 aromatic rings. The summed E-state index contributed by atoms with van der Waals surface area (Å²) in [6.45, 7) is 11.5. The molecule has 0 heterocycles. The fraction of sp³-hybridized carbons (Fsp3) is 0.429. The third-order valence-corrected chi connectivity index (χ3v) is 1.87. The zero-order valence-electron chi connectivity index (χ0n) is 11.0. The van der Waals surface area contributed by atoms with Crippen molar-refractivity contribution in [1.29, 1.82) is 0 Å². The molecule has 0 spiro atoms. The van der Waals surface area contributed by atoms with Crippen molar-refractivity contribution in [3.63, 3.8) is 0 Å².